The maximum Gasteiger partial charge on any atom is 0 e. The Labute approximate surface area is 53.8 Å². The summed E-state index contributed by atoms with van der Waals surface area (Å²) in [5, 5.41) is 0. The van der Waals surface area contributed by atoms with E-state index in [9.17, 15) is 0 Å². The van der Waals surface area contributed by atoms with Crippen LogP contribution in [0.3, 0.4) is 0 Å². The molecule has 0 aliphatic heterocycles. The van der Waals surface area contributed by atoms with Crippen LogP contribution >= 0.6 is 0 Å². The van der Waals surface area contributed by atoms with Crippen LogP contribution in [0.2, 0.25) is 0 Å². The summed E-state index contributed by atoms with van der Waals surface area (Å²) in [5.41, 5.74) is 0. The molecular formula is C5H8Ti. The quantitative estimate of drug-likeness (QED) is 0.361. The number of hydrogen-bond acceptors (Lipinski definition) is 0. The van der Waals surface area contributed by atoms with E-state index in [2.05, 4.69) is 6.58 Å². The topological polar surface area (TPSA) is 0 Å². The minimum Gasteiger partial charge on any atom is -0.0991 e. The Morgan fingerprint density at radius 1 is 1.50 bits per heavy atom. The minimum atomic E-state index is 0. The molecule has 0 aromatic heterocycles. The molecule has 0 rings (SSSR count). The zero-order valence-electron chi connectivity index (χ0n) is 3.94. The van der Waals surface area contributed by atoms with Gasteiger partial charge in [-0.25, -0.2) is 0 Å². The molecule has 0 unspecified atom stereocenters. The Kier molecular flexibility index (Phi) is 14.2. The second-order valence-corrected chi connectivity index (χ2v) is 0.761. The van der Waals surface area contributed by atoms with Crippen LogP contribution in [0.5, 0.6) is 0 Å². The fourth-order valence-electron chi connectivity index (χ4n) is 0.136. The van der Waals surface area contributed by atoms with E-state index < -0.39 is 0 Å². The normalized spacial score (nSPS) is 7.50. The summed E-state index contributed by atoms with van der Waals surface area (Å²) in [7, 11) is 0. The molecule has 0 aromatic carbocycles. The van der Waals surface area contributed by atoms with E-state index in [0.29, 0.717) is 0 Å². The molecule has 1 heteroatoms. The van der Waals surface area contributed by atoms with Crippen molar-refractivity contribution in [2.75, 3.05) is 0 Å². The fourth-order valence-corrected chi connectivity index (χ4v) is 0.136. The SMILES string of the molecule is C=CC=CC.[Ti]. The number of rotatable bonds is 1. The van der Waals surface area contributed by atoms with Crippen molar-refractivity contribution in [2.45, 2.75) is 6.92 Å². The van der Waals surface area contributed by atoms with Crippen LogP contribution in [-0.2, 0) is 21.7 Å². The molecule has 0 atom stereocenters. The van der Waals surface area contributed by atoms with Crippen LogP contribution < -0.4 is 0 Å². The number of hydrogen-bond donors (Lipinski definition) is 0. The van der Waals surface area contributed by atoms with Gasteiger partial charge in [-0.3, -0.25) is 0 Å². The first kappa shape index (κ1) is 9.50. The maximum absolute atomic E-state index is 3.46. The van der Waals surface area contributed by atoms with Crippen molar-refractivity contribution in [2.24, 2.45) is 0 Å². The third-order valence-corrected chi connectivity index (χ3v) is 0.329. The summed E-state index contributed by atoms with van der Waals surface area (Å²) in [6, 6.07) is 0. The van der Waals surface area contributed by atoms with E-state index in [4.69, 9.17) is 0 Å². The van der Waals surface area contributed by atoms with Crippen molar-refractivity contribution in [1.29, 1.82) is 0 Å². The molecule has 0 aliphatic rings. The van der Waals surface area contributed by atoms with Gasteiger partial charge >= 0.3 is 0 Å². The molecule has 0 saturated heterocycles. The summed E-state index contributed by atoms with van der Waals surface area (Å²) < 4.78 is 0. The van der Waals surface area contributed by atoms with Crippen molar-refractivity contribution in [3.63, 3.8) is 0 Å². The molecule has 0 saturated carbocycles. The maximum atomic E-state index is 3.46. The zero-order valence-corrected chi connectivity index (χ0v) is 5.50. The Hall–Kier alpha value is 0.194. The Morgan fingerprint density at radius 2 is 2.00 bits per heavy atom. The first-order valence-corrected chi connectivity index (χ1v) is 1.65. The van der Waals surface area contributed by atoms with E-state index in [0.717, 1.165) is 0 Å². The second-order valence-electron chi connectivity index (χ2n) is 0.761. The van der Waals surface area contributed by atoms with Crippen molar-refractivity contribution in [1.82, 2.24) is 0 Å². The van der Waals surface area contributed by atoms with Crippen molar-refractivity contribution in [3.8, 4) is 0 Å². The average Bonchev–Trinajstić information content (AvgIpc) is 1.41. The predicted molar refractivity (Wildman–Crippen MR) is 25.0 cm³/mol. The summed E-state index contributed by atoms with van der Waals surface area (Å²) >= 11 is 0. The average molecular weight is 116 g/mol. The molecule has 0 aliphatic carbocycles. The Morgan fingerprint density at radius 3 is 2.00 bits per heavy atom. The second kappa shape index (κ2) is 8.96. The molecule has 0 radical (unpaired) electrons. The van der Waals surface area contributed by atoms with E-state index in [1.54, 1.807) is 6.08 Å². The molecule has 0 nitrogen and oxygen atoms in total. The van der Waals surface area contributed by atoms with Gasteiger partial charge in [0.15, 0.2) is 0 Å². The van der Waals surface area contributed by atoms with Crippen molar-refractivity contribution in [3.05, 3.63) is 24.8 Å². The van der Waals surface area contributed by atoms with Gasteiger partial charge in [-0.15, -0.1) is 0 Å². The van der Waals surface area contributed by atoms with Crippen molar-refractivity contribution < 1.29 is 21.7 Å². The van der Waals surface area contributed by atoms with Gasteiger partial charge in [0.1, 0.15) is 0 Å². The standard InChI is InChI=1S/C5H8.Ti/c1-3-5-4-2;/h3-5H,1H2,2H3;. The van der Waals surface area contributed by atoms with E-state index >= 15 is 0 Å². The summed E-state index contributed by atoms with van der Waals surface area (Å²) in [6.45, 7) is 5.42. The largest absolute Gasteiger partial charge is 0.0991 e. The van der Waals surface area contributed by atoms with E-state index in [1.165, 1.54) is 0 Å². The van der Waals surface area contributed by atoms with Gasteiger partial charge in [-0.05, 0) is 6.92 Å². The fraction of sp³-hybridized carbons (Fsp3) is 0.200. The molecule has 0 heterocycles. The van der Waals surface area contributed by atoms with Gasteiger partial charge in [-0.2, -0.15) is 0 Å². The molecular weight excluding hydrogens is 108 g/mol. The Balaban J connectivity index is 0. The zero-order chi connectivity index (χ0) is 4.12. The molecule has 0 aromatic rings. The van der Waals surface area contributed by atoms with Gasteiger partial charge in [0, 0.05) is 21.7 Å². The van der Waals surface area contributed by atoms with Crippen LogP contribution in [0.4, 0.5) is 0 Å². The van der Waals surface area contributed by atoms with Crippen LogP contribution in [0.15, 0.2) is 24.8 Å². The minimum absolute atomic E-state index is 0. The van der Waals surface area contributed by atoms with Crippen LogP contribution in [0.25, 0.3) is 0 Å². The first-order valence-electron chi connectivity index (χ1n) is 1.65. The molecule has 6 heavy (non-hydrogen) atoms. The van der Waals surface area contributed by atoms with Crippen LogP contribution in [0.1, 0.15) is 6.92 Å². The van der Waals surface area contributed by atoms with Gasteiger partial charge < -0.3 is 0 Å². The van der Waals surface area contributed by atoms with Gasteiger partial charge in [-0.1, -0.05) is 24.8 Å². The Bertz CT molecular complexity index is 45.9. The van der Waals surface area contributed by atoms with Crippen LogP contribution in [0, 0.1) is 0 Å². The first-order chi connectivity index (χ1) is 2.41. The van der Waals surface area contributed by atoms with E-state index in [1.807, 2.05) is 19.1 Å². The van der Waals surface area contributed by atoms with Crippen molar-refractivity contribution >= 4 is 0 Å². The third kappa shape index (κ3) is 8.89. The van der Waals surface area contributed by atoms with Crippen LogP contribution in [-0.4, -0.2) is 0 Å². The molecule has 0 bridgehead atoms. The molecule has 0 amide bonds. The van der Waals surface area contributed by atoms with Gasteiger partial charge in [0.05, 0.1) is 0 Å². The summed E-state index contributed by atoms with van der Waals surface area (Å²) in [6.07, 6.45) is 5.58. The molecule has 0 fully saturated rings. The third-order valence-electron chi connectivity index (χ3n) is 0.329. The molecule has 0 N–H and O–H groups in total. The summed E-state index contributed by atoms with van der Waals surface area (Å²) in [4.78, 5) is 0. The predicted octanol–water partition coefficient (Wildman–Crippen LogP) is 1.75. The monoisotopic (exact) mass is 116 g/mol. The molecule has 0 spiro atoms. The van der Waals surface area contributed by atoms with Gasteiger partial charge in [0.2, 0.25) is 0 Å². The van der Waals surface area contributed by atoms with E-state index in [-0.39, 0.29) is 21.7 Å². The summed E-state index contributed by atoms with van der Waals surface area (Å²) in [5.74, 6) is 0. The van der Waals surface area contributed by atoms with Gasteiger partial charge in [0.25, 0.3) is 0 Å². The molecule has 32 valence electrons. The number of allylic oxidation sites excluding steroid dienone is 3. The smallest absolute Gasteiger partial charge is 0 e.